The van der Waals surface area contributed by atoms with E-state index >= 15 is 0 Å². The Bertz CT molecular complexity index is 477. The molecule has 112 valence electrons. The summed E-state index contributed by atoms with van der Waals surface area (Å²) in [5, 5.41) is 3.31. The van der Waals surface area contributed by atoms with Crippen molar-refractivity contribution >= 4 is 28.4 Å². The molecule has 0 saturated carbocycles. The van der Waals surface area contributed by atoms with Crippen LogP contribution >= 0.6 is 11.3 Å². The third kappa shape index (κ3) is 4.19. The quantitative estimate of drug-likeness (QED) is 0.925. The second kappa shape index (κ2) is 6.69. The van der Waals surface area contributed by atoms with E-state index in [1.54, 1.807) is 14.1 Å². The van der Waals surface area contributed by atoms with Crippen LogP contribution in [0.2, 0.25) is 0 Å². The Labute approximate surface area is 123 Å². The fourth-order valence-corrected chi connectivity index (χ4v) is 2.40. The maximum absolute atomic E-state index is 12.0. The topological polar surface area (TPSA) is 65.5 Å². The highest BCUT2D eigenvalue weighted by molar-refractivity contribution is 7.15. The Kier molecular flexibility index (Phi) is 5.50. The summed E-state index contributed by atoms with van der Waals surface area (Å²) in [4.78, 5) is 32.3. The first kappa shape index (κ1) is 16.4. The van der Waals surface area contributed by atoms with Gasteiger partial charge in [0.2, 0.25) is 5.91 Å². The van der Waals surface area contributed by atoms with Crippen molar-refractivity contribution in [3.8, 4) is 0 Å². The molecule has 0 aliphatic heterocycles. The molecule has 1 N–H and O–H groups in total. The molecular weight excluding hydrogens is 276 g/mol. The molecule has 0 aliphatic carbocycles. The van der Waals surface area contributed by atoms with Crippen molar-refractivity contribution in [2.75, 3.05) is 26.0 Å². The molecule has 7 heteroatoms. The zero-order valence-corrected chi connectivity index (χ0v) is 13.7. The zero-order chi connectivity index (χ0) is 15.4. The average molecular weight is 298 g/mol. The van der Waals surface area contributed by atoms with Gasteiger partial charge in [-0.05, 0) is 27.7 Å². The van der Waals surface area contributed by atoms with E-state index in [1.807, 2.05) is 27.7 Å². The molecule has 0 radical (unpaired) electrons. The summed E-state index contributed by atoms with van der Waals surface area (Å²) in [6, 6.07) is -0.225. The van der Waals surface area contributed by atoms with E-state index in [0.717, 1.165) is 10.6 Å². The Morgan fingerprint density at radius 1 is 1.30 bits per heavy atom. The first-order valence-electron chi connectivity index (χ1n) is 6.44. The third-order valence-corrected chi connectivity index (χ3v) is 3.83. The van der Waals surface area contributed by atoms with Gasteiger partial charge in [-0.2, -0.15) is 0 Å². The number of urea groups is 1. The van der Waals surface area contributed by atoms with Crippen LogP contribution in [-0.2, 0) is 4.79 Å². The second-order valence-electron chi connectivity index (χ2n) is 5.11. The van der Waals surface area contributed by atoms with Crippen molar-refractivity contribution in [3.63, 3.8) is 0 Å². The maximum atomic E-state index is 12.0. The van der Waals surface area contributed by atoms with Crippen molar-refractivity contribution in [1.82, 2.24) is 14.8 Å². The van der Waals surface area contributed by atoms with E-state index in [9.17, 15) is 9.59 Å². The van der Waals surface area contributed by atoms with Crippen LogP contribution in [0, 0.1) is 13.8 Å². The molecule has 0 spiro atoms. The van der Waals surface area contributed by atoms with Crippen LogP contribution in [0.5, 0.6) is 0 Å². The third-order valence-electron chi connectivity index (χ3n) is 2.84. The lowest BCUT2D eigenvalue weighted by Crippen LogP contribution is -2.47. The van der Waals surface area contributed by atoms with Crippen LogP contribution in [0.4, 0.5) is 9.93 Å². The minimum atomic E-state index is -0.234. The van der Waals surface area contributed by atoms with E-state index in [2.05, 4.69) is 10.3 Å². The van der Waals surface area contributed by atoms with E-state index in [4.69, 9.17) is 0 Å². The van der Waals surface area contributed by atoms with Gasteiger partial charge in [-0.15, -0.1) is 11.3 Å². The van der Waals surface area contributed by atoms with Gasteiger partial charge < -0.3 is 15.1 Å². The predicted octanol–water partition coefficient (Wildman–Crippen LogP) is 2.09. The molecule has 0 aliphatic rings. The van der Waals surface area contributed by atoms with E-state index in [-0.39, 0.29) is 24.5 Å². The zero-order valence-electron chi connectivity index (χ0n) is 12.9. The predicted molar refractivity (Wildman–Crippen MR) is 81.1 cm³/mol. The lowest BCUT2D eigenvalue weighted by Gasteiger charge is -2.28. The van der Waals surface area contributed by atoms with Gasteiger partial charge in [0.25, 0.3) is 0 Å². The highest BCUT2D eigenvalue weighted by atomic mass is 32.1. The summed E-state index contributed by atoms with van der Waals surface area (Å²) >= 11 is 1.44. The number of hydrogen-bond acceptors (Lipinski definition) is 4. The largest absolute Gasteiger partial charge is 0.331 e. The number of aromatic nitrogens is 1. The normalized spacial score (nSPS) is 10.6. The first-order chi connectivity index (χ1) is 9.22. The van der Waals surface area contributed by atoms with Crippen LogP contribution < -0.4 is 5.32 Å². The summed E-state index contributed by atoms with van der Waals surface area (Å²) in [6.07, 6.45) is 0. The molecule has 1 heterocycles. The van der Waals surface area contributed by atoms with Gasteiger partial charge in [0.15, 0.2) is 5.13 Å². The van der Waals surface area contributed by atoms with Gasteiger partial charge in [0.1, 0.15) is 6.54 Å². The Hall–Kier alpha value is -1.63. The molecule has 0 bridgehead atoms. The highest BCUT2D eigenvalue weighted by Crippen LogP contribution is 2.21. The molecule has 6 nitrogen and oxygen atoms in total. The van der Waals surface area contributed by atoms with Crippen molar-refractivity contribution in [1.29, 1.82) is 0 Å². The number of nitrogens with zero attached hydrogens (tertiary/aromatic N) is 3. The molecule has 0 unspecified atom stereocenters. The average Bonchev–Trinajstić information content (AvgIpc) is 2.63. The van der Waals surface area contributed by atoms with Gasteiger partial charge in [-0.3, -0.25) is 4.79 Å². The molecular formula is C13H22N4O2S. The fraction of sp³-hybridized carbons (Fsp3) is 0.615. The van der Waals surface area contributed by atoms with E-state index in [0.29, 0.717) is 5.13 Å². The lowest BCUT2D eigenvalue weighted by molar-refractivity contribution is -0.117. The maximum Gasteiger partial charge on any atom is 0.320 e. The molecule has 3 amide bonds. The summed E-state index contributed by atoms with van der Waals surface area (Å²) in [5.74, 6) is -0.234. The summed E-state index contributed by atoms with van der Waals surface area (Å²) in [5.41, 5.74) is 0.912. The number of aryl methyl sites for hydroxylation is 2. The molecule has 1 rings (SSSR count). The number of anilines is 1. The van der Waals surface area contributed by atoms with E-state index in [1.165, 1.54) is 21.1 Å². The Balaban J connectivity index is 2.69. The monoisotopic (exact) mass is 298 g/mol. The number of rotatable bonds is 4. The Morgan fingerprint density at radius 2 is 1.90 bits per heavy atom. The molecule has 20 heavy (non-hydrogen) atoms. The van der Waals surface area contributed by atoms with Crippen LogP contribution in [0.15, 0.2) is 0 Å². The lowest BCUT2D eigenvalue weighted by atomic mass is 10.3. The van der Waals surface area contributed by atoms with Gasteiger partial charge >= 0.3 is 6.03 Å². The minimum absolute atomic E-state index is 0.0202. The van der Waals surface area contributed by atoms with Crippen LogP contribution in [0.1, 0.15) is 24.4 Å². The van der Waals surface area contributed by atoms with E-state index < -0.39 is 0 Å². The SMILES string of the molecule is Cc1nc(NC(=O)CN(C(=O)N(C)C)C(C)C)sc1C. The highest BCUT2D eigenvalue weighted by Gasteiger charge is 2.22. The number of carbonyl (C=O) groups is 2. The molecule has 0 saturated heterocycles. The molecule has 1 aromatic rings. The summed E-state index contributed by atoms with van der Waals surface area (Å²) in [7, 11) is 3.34. The fourth-order valence-electron chi connectivity index (χ4n) is 1.57. The summed E-state index contributed by atoms with van der Waals surface area (Å²) < 4.78 is 0. The van der Waals surface area contributed by atoms with Crippen LogP contribution in [0.25, 0.3) is 0 Å². The molecule has 0 fully saturated rings. The number of hydrogen-bond donors (Lipinski definition) is 1. The van der Waals surface area contributed by atoms with Gasteiger partial charge in [0.05, 0.1) is 5.69 Å². The molecule has 0 atom stereocenters. The number of amides is 3. The number of thiazole rings is 1. The molecule has 0 aromatic carbocycles. The molecule has 1 aromatic heterocycles. The Morgan fingerprint density at radius 3 is 2.30 bits per heavy atom. The van der Waals surface area contributed by atoms with Gasteiger partial charge in [-0.25, -0.2) is 9.78 Å². The van der Waals surface area contributed by atoms with Crippen LogP contribution in [-0.4, -0.2) is 53.4 Å². The number of carbonyl (C=O) groups excluding carboxylic acids is 2. The van der Waals surface area contributed by atoms with Crippen LogP contribution in [0.3, 0.4) is 0 Å². The number of nitrogens with one attached hydrogen (secondary N) is 1. The van der Waals surface area contributed by atoms with Gasteiger partial charge in [0, 0.05) is 25.0 Å². The van der Waals surface area contributed by atoms with Crippen molar-refractivity contribution in [3.05, 3.63) is 10.6 Å². The van der Waals surface area contributed by atoms with Crippen molar-refractivity contribution in [2.45, 2.75) is 33.7 Å². The van der Waals surface area contributed by atoms with Crippen molar-refractivity contribution < 1.29 is 9.59 Å². The van der Waals surface area contributed by atoms with Gasteiger partial charge in [-0.1, -0.05) is 0 Å². The van der Waals surface area contributed by atoms with Crippen molar-refractivity contribution in [2.24, 2.45) is 0 Å². The minimum Gasteiger partial charge on any atom is -0.331 e. The smallest absolute Gasteiger partial charge is 0.320 e. The summed E-state index contributed by atoms with van der Waals surface area (Å²) in [6.45, 7) is 7.64. The first-order valence-corrected chi connectivity index (χ1v) is 7.25. The second-order valence-corrected chi connectivity index (χ2v) is 6.31. The standard InChI is InChI=1S/C13H22N4O2S/c1-8(2)17(13(19)16(5)6)7-11(18)15-12-14-9(3)10(4)20-12/h8H,7H2,1-6H3,(H,14,15,18).